The van der Waals surface area contributed by atoms with Crippen molar-refractivity contribution in [2.75, 3.05) is 26.3 Å². The molecule has 0 aromatic carbocycles. The van der Waals surface area contributed by atoms with Crippen LogP contribution in [0.25, 0.3) is 0 Å². The van der Waals surface area contributed by atoms with Gasteiger partial charge in [0.1, 0.15) is 0 Å². The van der Waals surface area contributed by atoms with E-state index in [2.05, 4.69) is 17.1 Å². The molecule has 1 saturated carbocycles. The minimum Gasteiger partial charge on any atom is -0.391 e. The van der Waals surface area contributed by atoms with Crippen LogP contribution in [0.2, 0.25) is 0 Å². The van der Waals surface area contributed by atoms with Gasteiger partial charge in [0.05, 0.1) is 19.3 Å². The summed E-state index contributed by atoms with van der Waals surface area (Å²) in [6.45, 7) is 3.79. The quantitative estimate of drug-likeness (QED) is 0.723. The molecule has 3 heteroatoms. The largest absolute Gasteiger partial charge is 0.391 e. The Labute approximate surface area is 110 Å². The Bertz CT molecular complexity index is 312. The Kier molecular flexibility index (Phi) is 3.73. The predicted octanol–water partition coefficient (Wildman–Crippen LogP) is 1.96. The molecule has 0 aromatic rings. The zero-order valence-corrected chi connectivity index (χ0v) is 11.2. The third-order valence-electron chi connectivity index (χ3n) is 5.07. The molecule has 3 rings (SSSR count). The third-order valence-corrected chi connectivity index (χ3v) is 5.07. The molecule has 18 heavy (non-hydrogen) atoms. The molecular weight excluding hydrogens is 226 g/mol. The van der Waals surface area contributed by atoms with Crippen molar-refractivity contribution in [3.63, 3.8) is 0 Å². The number of hydrogen-bond donors (Lipinski definition) is 1. The average molecular weight is 251 g/mol. The summed E-state index contributed by atoms with van der Waals surface area (Å²) in [4.78, 5) is 2.51. The van der Waals surface area contributed by atoms with E-state index in [0.29, 0.717) is 12.6 Å². The fourth-order valence-corrected chi connectivity index (χ4v) is 3.99. The van der Waals surface area contributed by atoms with Gasteiger partial charge in [0, 0.05) is 11.5 Å². The van der Waals surface area contributed by atoms with Crippen LogP contribution >= 0.6 is 0 Å². The van der Waals surface area contributed by atoms with Crippen molar-refractivity contribution >= 4 is 0 Å². The molecule has 1 aliphatic carbocycles. The smallest absolute Gasteiger partial charge is 0.0776 e. The Morgan fingerprint density at radius 2 is 2.00 bits per heavy atom. The van der Waals surface area contributed by atoms with E-state index in [1.807, 2.05) is 0 Å². The second kappa shape index (κ2) is 5.32. The van der Waals surface area contributed by atoms with Crippen LogP contribution in [0.5, 0.6) is 0 Å². The first kappa shape index (κ1) is 12.6. The number of rotatable bonds is 1. The van der Waals surface area contributed by atoms with E-state index in [4.69, 9.17) is 4.74 Å². The van der Waals surface area contributed by atoms with Crippen LogP contribution in [0.4, 0.5) is 0 Å². The van der Waals surface area contributed by atoms with Gasteiger partial charge in [-0.2, -0.15) is 0 Å². The summed E-state index contributed by atoms with van der Waals surface area (Å²) in [5, 5.41) is 10.9. The lowest BCUT2D eigenvalue weighted by atomic mass is 9.68. The number of ether oxygens (including phenoxy) is 1. The molecule has 3 nitrogen and oxygen atoms in total. The van der Waals surface area contributed by atoms with E-state index in [1.54, 1.807) is 0 Å². The van der Waals surface area contributed by atoms with Gasteiger partial charge >= 0.3 is 0 Å². The van der Waals surface area contributed by atoms with E-state index >= 15 is 0 Å². The average Bonchev–Trinajstić information content (AvgIpc) is 2.81. The number of hydrogen-bond acceptors (Lipinski definition) is 3. The Balaban J connectivity index is 1.76. The lowest BCUT2D eigenvalue weighted by Crippen LogP contribution is -2.55. The van der Waals surface area contributed by atoms with E-state index < -0.39 is 0 Å². The fraction of sp³-hybridized carbons (Fsp3) is 0.867. The summed E-state index contributed by atoms with van der Waals surface area (Å²) in [6.07, 6.45) is 11.2. The summed E-state index contributed by atoms with van der Waals surface area (Å²) in [5.74, 6) is 0. The molecule has 102 valence electrons. The van der Waals surface area contributed by atoms with E-state index in [1.165, 1.54) is 32.4 Å². The maximum absolute atomic E-state index is 10.9. The maximum atomic E-state index is 10.9. The second-order valence-electron chi connectivity index (χ2n) is 6.20. The SMILES string of the molecule is O[C@H]1[C@H](N2CCCC2)CCC[C@]12CC=CCOC2. The van der Waals surface area contributed by atoms with Crippen molar-refractivity contribution in [2.24, 2.45) is 5.41 Å². The summed E-state index contributed by atoms with van der Waals surface area (Å²) in [7, 11) is 0. The lowest BCUT2D eigenvalue weighted by Gasteiger charge is -2.47. The molecule has 0 aromatic heterocycles. The van der Waals surface area contributed by atoms with E-state index in [0.717, 1.165) is 25.9 Å². The van der Waals surface area contributed by atoms with Gasteiger partial charge in [-0.15, -0.1) is 0 Å². The van der Waals surface area contributed by atoms with Crippen molar-refractivity contribution in [3.8, 4) is 0 Å². The third kappa shape index (κ3) is 2.24. The van der Waals surface area contributed by atoms with Crippen molar-refractivity contribution < 1.29 is 9.84 Å². The summed E-state index contributed by atoms with van der Waals surface area (Å²) in [5.41, 5.74) is -0.0154. The number of likely N-dealkylation sites (tertiary alicyclic amines) is 1. The molecule has 1 spiro atoms. The molecule has 1 saturated heterocycles. The molecule has 0 bridgehead atoms. The molecule has 0 radical (unpaired) electrons. The molecule has 2 fully saturated rings. The highest BCUT2D eigenvalue weighted by molar-refractivity contribution is 5.04. The van der Waals surface area contributed by atoms with E-state index in [9.17, 15) is 5.11 Å². The highest BCUT2D eigenvalue weighted by atomic mass is 16.5. The zero-order chi connectivity index (χ0) is 12.4. The minimum atomic E-state index is -0.216. The molecule has 3 aliphatic rings. The minimum absolute atomic E-state index is 0.0154. The fourth-order valence-electron chi connectivity index (χ4n) is 3.99. The molecule has 1 N–H and O–H groups in total. The Morgan fingerprint density at radius 1 is 1.17 bits per heavy atom. The Hall–Kier alpha value is -0.380. The molecule has 2 heterocycles. The van der Waals surface area contributed by atoms with Crippen LogP contribution in [0, 0.1) is 5.41 Å². The molecular formula is C15H25NO2. The van der Waals surface area contributed by atoms with Gasteiger partial charge in [0.2, 0.25) is 0 Å². The number of allylic oxidation sites excluding steroid dienone is 1. The first-order chi connectivity index (χ1) is 8.82. The molecule has 2 aliphatic heterocycles. The molecule has 3 atom stereocenters. The number of aliphatic hydroxyl groups is 1. The van der Waals surface area contributed by atoms with Crippen LogP contribution < -0.4 is 0 Å². The lowest BCUT2D eigenvalue weighted by molar-refractivity contribution is -0.0994. The summed E-state index contributed by atoms with van der Waals surface area (Å²) < 4.78 is 5.70. The molecule has 0 unspecified atom stereocenters. The van der Waals surface area contributed by atoms with Crippen LogP contribution in [0.3, 0.4) is 0 Å². The highest BCUT2D eigenvalue weighted by Crippen LogP contribution is 2.43. The van der Waals surface area contributed by atoms with Crippen molar-refractivity contribution in [2.45, 2.75) is 50.7 Å². The topological polar surface area (TPSA) is 32.7 Å². The van der Waals surface area contributed by atoms with Gasteiger partial charge in [0.25, 0.3) is 0 Å². The van der Waals surface area contributed by atoms with Gasteiger partial charge in [-0.05, 0) is 45.2 Å². The van der Waals surface area contributed by atoms with Gasteiger partial charge in [-0.25, -0.2) is 0 Å². The monoisotopic (exact) mass is 251 g/mol. The van der Waals surface area contributed by atoms with Crippen LogP contribution in [0.15, 0.2) is 12.2 Å². The van der Waals surface area contributed by atoms with Gasteiger partial charge in [-0.3, -0.25) is 4.90 Å². The van der Waals surface area contributed by atoms with E-state index in [-0.39, 0.29) is 11.5 Å². The zero-order valence-electron chi connectivity index (χ0n) is 11.2. The van der Waals surface area contributed by atoms with Gasteiger partial charge < -0.3 is 9.84 Å². The highest BCUT2D eigenvalue weighted by Gasteiger charge is 2.46. The van der Waals surface area contributed by atoms with Crippen LogP contribution in [-0.2, 0) is 4.74 Å². The first-order valence-electron chi connectivity index (χ1n) is 7.47. The predicted molar refractivity (Wildman–Crippen MR) is 71.5 cm³/mol. The standard InChI is InChI=1S/C15H25NO2/c17-14-13(16-9-2-3-10-16)6-5-8-15(14)7-1-4-11-18-12-15/h1,4,13-14,17H,2-3,5-12H2/t13-,14+,15+/m1/s1. The first-order valence-corrected chi connectivity index (χ1v) is 7.47. The number of nitrogens with zero attached hydrogens (tertiary/aromatic N) is 1. The Morgan fingerprint density at radius 3 is 2.83 bits per heavy atom. The second-order valence-corrected chi connectivity index (χ2v) is 6.20. The van der Waals surface area contributed by atoms with Gasteiger partial charge in [0.15, 0.2) is 0 Å². The summed E-state index contributed by atoms with van der Waals surface area (Å²) in [6, 6.07) is 0.372. The maximum Gasteiger partial charge on any atom is 0.0776 e. The van der Waals surface area contributed by atoms with Gasteiger partial charge in [-0.1, -0.05) is 18.6 Å². The summed E-state index contributed by atoms with van der Waals surface area (Å²) >= 11 is 0. The normalized spacial score (nSPS) is 42.3. The van der Waals surface area contributed by atoms with Crippen LogP contribution in [-0.4, -0.2) is 48.5 Å². The van der Waals surface area contributed by atoms with Crippen molar-refractivity contribution in [3.05, 3.63) is 12.2 Å². The van der Waals surface area contributed by atoms with Crippen molar-refractivity contribution in [1.82, 2.24) is 4.90 Å². The van der Waals surface area contributed by atoms with Crippen molar-refractivity contribution in [1.29, 1.82) is 0 Å². The number of aliphatic hydroxyl groups excluding tert-OH is 1. The van der Waals surface area contributed by atoms with Crippen LogP contribution in [0.1, 0.15) is 38.5 Å². The molecule has 0 amide bonds.